The maximum atomic E-state index is 10.1. The molecule has 0 fully saturated rings. The van der Waals surface area contributed by atoms with Crippen LogP contribution in [-0.2, 0) is 4.57 Å². The topological polar surface area (TPSA) is 103 Å². The van der Waals surface area contributed by atoms with Crippen molar-refractivity contribution in [3.05, 3.63) is 28.9 Å². The van der Waals surface area contributed by atoms with Gasteiger partial charge in [-0.2, -0.15) is 0 Å². The molecule has 1 rings (SSSR count). The summed E-state index contributed by atoms with van der Waals surface area (Å²) in [6.07, 6.45) is 2.98. The monoisotopic (exact) mass is 178 g/mol. The van der Waals surface area contributed by atoms with Crippen molar-refractivity contribution in [2.75, 3.05) is 0 Å². The Morgan fingerprint density at radius 3 is 2.27 bits per heavy atom. The number of aromatic amines is 1. The molecule has 0 unspecified atom stereocenters. The molecular weight excluding hydrogens is 171 g/mol. The quantitative estimate of drug-likeness (QED) is 0.448. The Balaban J connectivity index is 0.000000218. The average molecular weight is 178 g/mol. The molecule has 6 nitrogen and oxygen atoms in total. The second kappa shape index (κ2) is 5.79. The van der Waals surface area contributed by atoms with Gasteiger partial charge in [-0.05, 0) is 6.07 Å². The highest BCUT2D eigenvalue weighted by Crippen LogP contribution is 1.98. The third-order valence-corrected chi connectivity index (χ3v) is 0.581. The van der Waals surface area contributed by atoms with Gasteiger partial charge in [0.2, 0.25) is 0 Å². The number of hydrogen-bond acceptors (Lipinski definition) is 3. The van der Waals surface area contributed by atoms with Crippen LogP contribution in [0.25, 0.3) is 0 Å². The minimum Gasteiger partial charge on any atom is -0.326 e. The number of aromatic nitrogens is 2. The molecule has 0 aromatic carbocycles. The first-order chi connectivity index (χ1) is 5.13. The Hall–Kier alpha value is -0.970. The molecule has 0 bridgehead atoms. The molecule has 0 radical (unpaired) electrons. The number of H-pyrrole nitrogens is 1. The molecule has 1 aromatic heterocycles. The lowest BCUT2D eigenvalue weighted by Gasteiger charge is -1.72. The highest BCUT2D eigenvalue weighted by atomic mass is 31.1. The van der Waals surface area contributed by atoms with E-state index in [1.54, 1.807) is 6.07 Å². The van der Waals surface area contributed by atoms with Crippen LogP contribution in [0.15, 0.2) is 23.3 Å². The first kappa shape index (κ1) is 10.0. The molecule has 0 atom stereocenters. The first-order valence-electron chi connectivity index (χ1n) is 2.54. The van der Waals surface area contributed by atoms with Crippen LogP contribution in [0.3, 0.4) is 0 Å². The van der Waals surface area contributed by atoms with Crippen molar-refractivity contribution in [3.63, 3.8) is 0 Å². The Morgan fingerprint density at radius 1 is 1.55 bits per heavy atom. The van der Waals surface area contributed by atoms with Gasteiger partial charge >= 0.3 is 13.9 Å². The number of nitrogens with zero attached hydrogens (tertiary/aromatic N) is 1. The van der Waals surface area contributed by atoms with Crippen molar-refractivity contribution in [2.45, 2.75) is 0 Å². The minimum atomic E-state index is -3.13. The number of rotatable bonds is 0. The molecular formula is C4H7N2O4P. The smallest absolute Gasteiger partial charge is 0.326 e. The Labute approximate surface area is 62.5 Å². The first-order valence-corrected chi connectivity index (χ1v) is 3.85. The second-order valence-electron chi connectivity index (χ2n) is 1.37. The van der Waals surface area contributed by atoms with Crippen molar-refractivity contribution >= 4 is 8.25 Å². The Bertz CT molecular complexity index is 251. The van der Waals surface area contributed by atoms with E-state index >= 15 is 0 Å². The van der Waals surface area contributed by atoms with Crippen LogP contribution in [-0.4, -0.2) is 19.8 Å². The van der Waals surface area contributed by atoms with E-state index < -0.39 is 8.25 Å². The van der Waals surface area contributed by atoms with E-state index in [0.717, 1.165) is 0 Å². The maximum absolute atomic E-state index is 10.1. The fraction of sp³-hybridized carbons (Fsp3) is 0. The van der Waals surface area contributed by atoms with Gasteiger partial charge in [0.1, 0.15) is 0 Å². The van der Waals surface area contributed by atoms with Crippen LogP contribution >= 0.6 is 8.25 Å². The maximum Gasteiger partial charge on any atom is 0.344 e. The largest absolute Gasteiger partial charge is 0.344 e. The molecule has 0 amide bonds. The van der Waals surface area contributed by atoms with E-state index in [4.69, 9.17) is 14.4 Å². The zero-order valence-corrected chi connectivity index (χ0v) is 6.39. The predicted molar refractivity (Wildman–Crippen MR) is 38.3 cm³/mol. The van der Waals surface area contributed by atoms with Crippen molar-refractivity contribution in [2.24, 2.45) is 0 Å². The van der Waals surface area contributed by atoms with Crippen molar-refractivity contribution < 1.29 is 14.4 Å². The summed E-state index contributed by atoms with van der Waals surface area (Å²) in [6.45, 7) is 0. The molecule has 0 saturated carbocycles. The summed E-state index contributed by atoms with van der Waals surface area (Å²) in [5.74, 6) is 0. The SMILES string of the molecule is O=[PH](O)O.O=c1nccc[nH]1. The Kier molecular flexibility index (Phi) is 5.28. The summed E-state index contributed by atoms with van der Waals surface area (Å²) in [5.41, 5.74) is -0.303. The molecule has 3 N–H and O–H groups in total. The van der Waals surface area contributed by atoms with Gasteiger partial charge in [-0.3, -0.25) is 4.57 Å². The van der Waals surface area contributed by atoms with Crippen LogP contribution in [0.1, 0.15) is 0 Å². The fourth-order valence-corrected chi connectivity index (χ4v) is 0.310. The van der Waals surface area contributed by atoms with Gasteiger partial charge in [0.25, 0.3) is 0 Å². The summed E-state index contributed by atoms with van der Waals surface area (Å²) in [6, 6.07) is 1.65. The van der Waals surface area contributed by atoms with E-state index in [0.29, 0.717) is 0 Å². The lowest BCUT2D eigenvalue weighted by atomic mass is 10.7. The van der Waals surface area contributed by atoms with E-state index in [9.17, 15) is 4.79 Å². The third-order valence-electron chi connectivity index (χ3n) is 0.581. The zero-order valence-electron chi connectivity index (χ0n) is 5.39. The van der Waals surface area contributed by atoms with E-state index in [-0.39, 0.29) is 5.69 Å². The highest BCUT2D eigenvalue weighted by Gasteiger charge is 1.70. The van der Waals surface area contributed by atoms with Gasteiger partial charge < -0.3 is 14.8 Å². The number of nitrogens with one attached hydrogen (secondary N) is 1. The lowest BCUT2D eigenvalue weighted by Crippen LogP contribution is -2.05. The predicted octanol–water partition coefficient (Wildman–Crippen LogP) is -0.869. The van der Waals surface area contributed by atoms with Gasteiger partial charge in [-0.1, -0.05) is 0 Å². The van der Waals surface area contributed by atoms with Gasteiger partial charge in [0, 0.05) is 12.4 Å². The van der Waals surface area contributed by atoms with Crippen LogP contribution < -0.4 is 5.69 Å². The zero-order chi connectivity index (χ0) is 8.69. The normalized spacial score (nSPS) is 8.64. The lowest BCUT2D eigenvalue weighted by molar-refractivity contribution is 0.405. The summed E-state index contributed by atoms with van der Waals surface area (Å²) in [5, 5.41) is 0. The van der Waals surface area contributed by atoms with E-state index in [1.807, 2.05) is 0 Å². The summed E-state index contributed by atoms with van der Waals surface area (Å²) in [4.78, 5) is 30.2. The Morgan fingerprint density at radius 2 is 2.09 bits per heavy atom. The summed E-state index contributed by atoms with van der Waals surface area (Å²) >= 11 is 0. The average Bonchev–Trinajstić information content (AvgIpc) is 1.87. The molecule has 0 aliphatic rings. The molecule has 1 aromatic rings. The van der Waals surface area contributed by atoms with Crippen LogP contribution in [0.5, 0.6) is 0 Å². The molecule has 62 valence electrons. The molecule has 1 heterocycles. The van der Waals surface area contributed by atoms with Gasteiger partial charge in [-0.25, -0.2) is 9.78 Å². The van der Waals surface area contributed by atoms with Crippen molar-refractivity contribution in [3.8, 4) is 0 Å². The van der Waals surface area contributed by atoms with Gasteiger partial charge in [-0.15, -0.1) is 0 Å². The van der Waals surface area contributed by atoms with Crippen LogP contribution in [0, 0.1) is 0 Å². The molecule has 0 aliphatic carbocycles. The van der Waals surface area contributed by atoms with Crippen molar-refractivity contribution in [1.82, 2.24) is 9.97 Å². The molecule has 0 aliphatic heterocycles. The summed E-state index contributed by atoms with van der Waals surface area (Å²) < 4.78 is 8.74. The fourth-order valence-electron chi connectivity index (χ4n) is 0.310. The van der Waals surface area contributed by atoms with Gasteiger partial charge in [0.15, 0.2) is 0 Å². The summed E-state index contributed by atoms with van der Waals surface area (Å²) in [7, 11) is -3.13. The molecule has 11 heavy (non-hydrogen) atoms. The van der Waals surface area contributed by atoms with E-state index in [2.05, 4.69) is 9.97 Å². The third kappa shape index (κ3) is 9.03. The van der Waals surface area contributed by atoms with Crippen molar-refractivity contribution in [1.29, 1.82) is 0 Å². The van der Waals surface area contributed by atoms with Crippen LogP contribution in [0.4, 0.5) is 0 Å². The van der Waals surface area contributed by atoms with Gasteiger partial charge in [0.05, 0.1) is 0 Å². The number of hydrogen-bond donors (Lipinski definition) is 3. The molecule has 7 heteroatoms. The molecule has 0 saturated heterocycles. The second-order valence-corrected chi connectivity index (χ2v) is 1.93. The highest BCUT2D eigenvalue weighted by molar-refractivity contribution is 7.30. The minimum absolute atomic E-state index is 0.303. The van der Waals surface area contributed by atoms with Crippen LogP contribution in [0.2, 0.25) is 0 Å². The standard InChI is InChI=1S/C4H4N2O.H3O3P/c7-4-5-2-1-3-6-4;1-4(2)3/h1-3H,(H,5,6,7);4H,(H2,1,2,3). The molecule has 0 spiro atoms. The van der Waals surface area contributed by atoms with E-state index in [1.165, 1.54) is 12.4 Å².